The summed E-state index contributed by atoms with van der Waals surface area (Å²) in [6, 6.07) is 6.21. The highest BCUT2D eigenvalue weighted by Gasteiger charge is 2.19. The number of benzene rings is 1. The van der Waals surface area contributed by atoms with E-state index >= 15 is 0 Å². The lowest BCUT2D eigenvalue weighted by Crippen LogP contribution is -2.23. The van der Waals surface area contributed by atoms with E-state index in [1.54, 1.807) is 0 Å². The molecule has 0 aliphatic heterocycles. The van der Waals surface area contributed by atoms with Crippen LogP contribution in [0.5, 0.6) is 10.8 Å². The Kier molecular flexibility index (Phi) is 6.38. The molecule has 0 saturated carbocycles. The molecule has 0 bridgehead atoms. The van der Waals surface area contributed by atoms with Crippen molar-refractivity contribution in [3.63, 3.8) is 0 Å². The molecule has 0 radical (unpaired) electrons. The number of amidine groups is 1. The summed E-state index contributed by atoms with van der Waals surface area (Å²) >= 11 is 1.23. The molecule has 0 spiro atoms. The fourth-order valence-corrected chi connectivity index (χ4v) is 3.41. The number of ether oxygens (including phenoxy) is 1. The Morgan fingerprint density at radius 3 is 2.46 bits per heavy atom. The summed E-state index contributed by atoms with van der Waals surface area (Å²) in [6.45, 7) is 12.3. The Morgan fingerprint density at radius 1 is 1.23 bits per heavy atom. The largest absolute Gasteiger partial charge is 0.443 e. The average Bonchev–Trinajstić information content (AvgIpc) is 2.99. The van der Waals surface area contributed by atoms with Gasteiger partial charge in [-0.25, -0.2) is 4.99 Å². The Hall–Kier alpha value is -2.39. The minimum Gasteiger partial charge on any atom is -0.443 e. The third-order valence-electron chi connectivity index (χ3n) is 4.09. The van der Waals surface area contributed by atoms with E-state index in [1.165, 1.54) is 11.5 Å². The fraction of sp³-hybridized carbons (Fsp3) is 0.450. The first kappa shape index (κ1) is 19.9. The summed E-state index contributed by atoms with van der Waals surface area (Å²) in [4.78, 5) is 4.73. The zero-order valence-electron chi connectivity index (χ0n) is 16.5. The Balaban J connectivity index is 2.39. The summed E-state index contributed by atoms with van der Waals surface area (Å²) < 4.78 is 10.4. The first-order valence-corrected chi connectivity index (χ1v) is 9.50. The molecule has 0 aliphatic carbocycles. The third-order valence-corrected chi connectivity index (χ3v) is 4.83. The van der Waals surface area contributed by atoms with Crippen molar-refractivity contribution < 1.29 is 4.74 Å². The van der Waals surface area contributed by atoms with Gasteiger partial charge >= 0.3 is 0 Å². The molecule has 5 nitrogen and oxygen atoms in total. The molecule has 6 heteroatoms. The van der Waals surface area contributed by atoms with Crippen LogP contribution in [-0.2, 0) is 0 Å². The van der Waals surface area contributed by atoms with Gasteiger partial charge in [0.05, 0.1) is 11.4 Å². The summed E-state index contributed by atoms with van der Waals surface area (Å²) in [5, 5.41) is 13.2. The van der Waals surface area contributed by atoms with E-state index in [2.05, 4.69) is 29.6 Å². The maximum atomic E-state index is 9.47. The van der Waals surface area contributed by atoms with Crippen LogP contribution in [-0.4, -0.2) is 17.3 Å². The molecule has 0 saturated heterocycles. The maximum absolute atomic E-state index is 9.47. The maximum Gasteiger partial charge on any atom is 0.218 e. The second kappa shape index (κ2) is 8.33. The van der Waals surface area contributed by atoms with Gasteiger partial charge in [-0.3, -0.25) is 0 Å². The molecule has 1 aromatic carbocycles. The molecular formula is C20H26N4OS. The normalized spacial score (nSPS) is 11.8. The standard InChI is InChI=1S/C20H26N4OS/c1-11(2)18-15(10-21)20(26-24-18)25-17-9-13(5)16(8-14(17)6)23-19(22-7)12(3)4/h8-9,11-12H,1-7H3,(H,22,23). The minimum absolute atomic E-state index is 0.189. The molecule has 0 fully saturated rings. The molecule has 0 amide bonds. The van der Waals surface area contributed by atoms with Gasteiger partial charge in [-0.2, -0.15) is 9.64 Å². The number of hydrogen-bond acceptors (Lipinski definition) is 5. The van der Waals surface area contributed by atoms with Crippen molar-refractivity contribution in [2.45, 2.75) is 47.5 Å². The molecule has 1 N–H and O–H groups in total. The summed E-state index contributed by atoms with van der Waals surface area (Å²) in [7, 11) is 1.89. The molecule has 0 unspecified atom stereocenters. The van der Waals surface area contributed by atoms with Crippen LogP contribution in [0.25, 0.3) is 0 Å². The molecule has 0 atom stereocenters. The van der Waals surface area contributed by atoms with E-state index in [-0.39, 0.29) is 5.92 Å². The zero-order valence-corrected chi connectivity index (χ0v) is 17.3. The smallest absolute Gasteiger partial charge is 0.218 e. The van der Waals surface area contributed by atoms with Crippen molar-refractivity contribution in [1.29, 1.82) is 5.26 Å². The van der Waals surface area contributed by atoms with Gasteiger partial charge in [0.2, 0.25) is 5.06 Å². The number of rotatable bonds is 5. The highest BCUT2D eigenvalue weighted by molar-refractivity contribution is 7.08. The van der Waals surface area contributed by atoms with Crippen molar-refractivity contribution >= 4 is 23.1 Å². The van der Waals surface area contributed by atoms with Crippen LogP contribution in [0.3, 0.4) is 0 Å². The number of nitrogens with one attached hydrogen (secondary N) is 1. The van der Waals surface area contributed by atoms with E-state index in [0.717, 1.165) is 34.1 Å². The lowest BCUT2D eigenvalue weighted by atomic mass is 10.1. The first-order valence-electron chi connectivity index (χ1n) is 8.73. The van der Waals surface area contributed by atoms with E-state index < -0.39 is 0 Å². The van der Waals surface area contributed by atoms with Crippen molar-refractivity contribution in [3.05, 3.63) is 34.5 Å². The molecule has 26 heavy (non-hydrogen) atoms. The molecule has 2 rings (SSSR count). The minimum atomic E-state index is 0.189. The number of nitriles is 1. The lowest BCUT2D eigenvalue weighted by molar-refractivity contribution is 0.490. The van der Waals surface area contributed by atoms with Gasteiger partial charge in [-0.1, -0.05) is 27.7 Å². The number of aliphatic imine (C=N–C) groups is 1. The molecular weight excluding hydrogens is 344 g/mol. The van der Waals surface area contributed by atoms with Crippen LogP contribution < -0.4 is 10.1 Å². The quantitative estimate of drug-likeness (QED) is 0.561. The van der Waals surface area contributed by atoms with Gasteiger partial charge in [0.15, 0.2) is 0 Å². The van der Waals surface area contributed by atoms with E-state index in [1.807, 2.05) is 46.9 Å². The van der Waals surface area contributed by atoms with Gasteiger partial charge < -0.3 is 10.1 Å². The zero-order chi connectivity index (χ0) is 19.4. The summed E-state index contributed by atoms with van der Waals surface area (Å²) in [5.41, 5.74) is 4.23. The summed E-state index contributed by atoms with van der Waals surface area (Å²) in [5.74, 6) is 2.18. The Labute approximate surface area is 159 Å². The van der Waals surface area contributed by atoms with Gasteiger partial charge in [0, 0.05) is 24.5 Å². The van der Waals surface area contributed by atoms with Crippen LogP contribution in [0.2, 0.25) is 0 Å². The molecule has 138 valence electrons. The van der Waals surface area contributed by atoms with Crippen LogP contribution >= 0.6 is 11.5 Å². The monoisotopic (exact) mass is 370 g/mol. The SMILES string of the molecule is CNC(=Nc1cc(C)c(Oc2snc(C(C)C)c2C#N)cc1C)C(C)C. The van der Waals surface area contributed by atoms with Crippen molar-refractivity contribution in [2.75, 3.05) is 7.05 Å². The van der Waals surface area contributed by atoms with Gasteiger partial charge in [0.25, 0.3) is 0 Å². The van der Waals surface area contributed by atoms with E-state index in [9.17, 15) is 5.26 Å². The van der Waals surface area contributed by atoms with Crippen LogP contribution in [0.15, 0.2) is 17.1 Å². The second-order valence-corrected chi connectivity index (χ2v) is 7.64. The Morgan fingerprint density at radius 2 is 1.92 bits per heavy atom. The highest BCUT2D eigenvalue weighted by atomic mass is 32.1. The number of nitrogens with zero attached hydrogens (tertiary/aromatic N) is 3. The predicted molar refractivity (Wildman–Crippen MR) is 108 cm³/mol. The fourth-order valence-electron chi connectivity index (χ4n) is 2.56. The lowest BCUT2D eigenvalue weighted by Gasteiger charge is -2.13. The van der Waals surface area contributed by atoms with Gasteiger partial charge in [-0.15, -0.1) is 0 Å². The van der Waals surface area contributed by atoms with Crippen molar-refractivity contribution in [2.24, 2.45) is 10.9 Å². The number of hydrogen-bond donors (Lipinski definition) is 1. The topological polar surface area (TPSA) is 70.3 Å². The first-order chi connectivity index (χ1) is 12.3. The average molecular weight is 371 g/mol. The second-order valence-electron chi connectivity index (χ2n) is 6.90. The predicted octanol–water partition coefficient (Wildman–Crippen LogP) is 5.45. The molecule has 1 heterocycles. The van der Waals surface area contributed by atoms with Crippen LogP contribution in [0, 0.1) is 31.1 Å². The van der Waals surface area contributed by atoms with Crippen molar-refractivity contribution in [3.8, 4) is 16.9 Å². The Bertz CT molecular complexity index is 859. The van der Waals surface area contributed by atoms with Gasteiger partial charge in [-0.05, 0) is 43.0 Å². The number of aryl methyl sites for hydroxylation is 2. The van der Waals surface area contributed by atoms with Crippen LogP contribution in [0.1, 0.15) is 56.0 Å². The van der Waals surface area contributed by atoms with Gasteiger partial charge in [0.1, 0.15) is 23.2 Å². The highest BCUT2D eigenvalue weighted by Crippen LogP contribution is 2.37. The molecule has 1 aromatic heterocycles. The summed E-state index contributed by atoms with van der Waals surface area (Å²) in [6.07, 6.45) is 0. The number of aromatic nitrogens is 1. The molecule has 2 aromatic rings. The van der Waals surface area contributed by atoms with E-state index in [4.69, 9.17) is 9.73 Å². The van der Waals surface area contributed by atoms with Crippen molar-refractivity contribution in [1.82, 2.24) is 9.69 Å². The third kappa shape index (κ3) is 4.23. The van der Waals surface area contributed by atoms with E-state index in [0.29, 0.717) is 16.5 Å². The van der Waals surface area contributed by atoms with Crippen LogP contribution in [0.4, 0.5) is 5.69 Å². The molecule has 0 aliphatic rings.